The van der Waals surface area contributed by atoms with Crippen LogP contribution in [0.2, 0.25) is 5.02 Å². The van der Waals surface area contributed by atoms with Crippen molar-refractivity contribution in [2.75, 3.05) is 11.1 Å². The van der Waals surface area contributed by atoms with Crippen molar-refractivity contribution < 1.29 is 0 Å². The van der Waals surface area contributed by atoms with Crippen LogP contribution in [0.25, 0.3) is 0 Å². The lowest BCUT2D eigenvalue weighted by Gasteiger charge is -2.05. The van der Waals surface area contributed by atoms with Crippen LogP contribution in [-0.4, -0.2) is 4.98 Å². The highest BCUT2D eigenvalue weighted by molar-refractivity contribution is 6.30. The lowest BCUT2D eigenvalue weighted by molar-refractivity contribution is 1.11. The maximum Gasteiger partial charge on any atom is 0.126 e. The van der Waals surface area contributed by atoms with E-state index in [1.54, 1.807) is 6.20 Å². The Morgan fingerprint density at radius 1 is 1.12 bits per heavy atom. The number of nitrogens with zero attached hydrogens (tertiary/aromatic N) is 1. The van der Waals surface area contributed by atoms with Crippen LogP contribution in [0.3, 0.4) is 0 Å². The molecule has 1 aromatic carbocycles. The Hall–Kier alpha value is -1.45. The molecule has 0 aliphatic heterocycles. The Morgan fingerprint density at radius 3 is 2.41 bits per heavy atom. The molecule has 3 nitrogen and oxygen atoms in total. The molecular formula is C12H13Cl2N3. The molecule has 0 aliphatic carbocycles. The summed E-state index contributed by atoms with van der Waals surface area (Å²) >= 11 is 5.80. The van der Waals surface area contributed by atoms with Gasteiger partial charge in [0.25, 0.3) is 0 Å². The van der Waals surface area contributed by atoms with Crippen LogP contribution in [0.4, 0.5) is 11.5 Å². The number of aromatic nitrogens is 1. The van der Waals surface area contributed by atoms with Crippen molar-refractivity contribution in [1.82, 2.24) is 4.98 Å². The summed E-state index contributed by atoms with van der Waals surface area (Å²) in [6.45, 7) is 0.716. The molecular weight excluding hydrogens is 257 g/mol. The first kappa shape index (κ1) is 13.6. The van der Waals surface area contributed by atoms with Crippen molar-refractivity contribution >= 4 is 35.5 Å². The summed E-state index contributed by atoms with van der Waals surface area (Å²) < 4.78 is 0. The van der Waals surface area contributed by atoms with E-state index in [1.807, 2.05) is 36.4 Å². The highest BCUT2D eigenvalue weighted by atomic mass is 35.5. The fourth-order valence-electron chi connectivity index (χ4n) is 1.30. The minimum Gasteiger partial charge on any atom is -0.397 e. The quantitative estimate of drug-likeness (QED) is 0.899. The van der Waals surface area contributed by atoms with Gasteiger partial charge in [0.15, 0.2) is 0 Å². The van der Waals surface area contributed by atoms with Gasteiger partial charge in [-0.15, -0.1) is 12.4 Å². The van der Waals surface area contributed by atoms with E-state index >= 15 is 0 Å². The largest absolute Gasteiger partial charge is 0.397 e. The molecule has 5 heteroatoms. The predicted molar refractivity (Wildman–Crippen MR) is 74.7 cm³/mol. The highest BCUT2D eigenvalue weighted by Gasteiger charge is 1.95. The second-order valence-corrected chi connectivity index (χ2v) is 3.89. The lowest BCUT2D eigenvalue weighted by atomic mass is 10.2. The summed E-state index contributed by atoms with van der Waals surface area (Å²) in [7, 11) is 0. The summed E-state index contributed by atoms with van der Waals surface area (Å²) in [5.74, 6) is 0.809. The Labute approximate surface area is 111 Å². The maximum atomic E-state index is 5.80. The zero-order chi connectivity index (χ0) is 11.4. The number of hydrogen-bond donors (Lipinski definition) is 2. The van der Waals surface area contributed by atoms with E-state index in [9.17, 15) is 0 Å². The van der Waals surface area contributed by atoms with E-state index in [1.165, 1.54) is 0 Å². The average molecular weight is 270 g/mol. The molecule has 3 N–H and O–H groups in total. The molecule has 2 aromatic rings. The molecule has 0 saturated carbocycles. The van der Waals surface area contributed by atoms with Gasteiger partial charge in [-0.2, -0.15) is 0 Å². The second kappa shape index (κ2) is 6.33. The van der Waals surface area contributed by atoms with Crippen LogP contribution >= 0.6 is 24.0 Å². The second-order valence-electron chi connectivity index (χ2n) is 3.46. The number of benzene rings is 1. The number of nitrogen functional groups attached to an aromatic ring is 1. The first-order valence-corrected chi connectivity index (χ1v) is 5.32. The number of pyridine rings is 1. The number of hydrogen-bond acceptors (Lipinski definition) is 3. The van der Waals surface area contributed by atoms with Crippen LogP contribution in [0, 0.1) is 0 Å². The predicted octanol–water partition coefficient (Wildman–Crippen LogP) is 3.35. The van der Waals surface area contributed by atoms with Gasteiger partial charge in [0.1, 0.15) is 5.82 Å². The van der Waals surface area contributed by atoms with Crippen LogP contribution in [0.1, 0.15) is 5.56 Å². The lowest BCUT2D eigenvalue weighted by Crippen LogP contribution is -2.01. The van der Waals surface area contributed by atoms with E-state index in [0.29, 0.717) is 12.2 Å². The van der Waals surface area contributed by atoms with Gasteiger partial charge in [0.05, 0.1) is 11.9 Å². The molecule has 0 aliphatic rings. The van der Waals surface area contributed by atoms with Crippen molar-refractivity contribution in [3.8, 4) is 0 Å². The van der Waals surface area contributed by atoms with Crippen LogP contribution < -0.4 is 11.1 Å². The number of halogens is 2. The van der Waals surface area contributed by atoms with E-state index < -0.39 is 0 Å². The van der Waals surface area contributed by atoms with Crippen molar-refractivity contribution in [3.63, 3.8) is 0 Å². The van der Waals surface area contributed by atoms with Gasteiger partial charge in [0.2, 0.25) is 0 Å². The minimum atomic E-state index is 0. The Kier molecular flexibility index (Phi) is 5.07. The number of nitrogens with one attached hydrogen (secondary N) is 1. The first-order chi connectivity index (χ1) is 7.74. The van der Waals surface area contributed by atoms with Crippen LogP contribution in [-0.2, 0) is 6.54 Å². The molecule has 0 atom stereocenters. The van der Waals surface area contributed by atoms with Gasteiger partial charge in [-0.25, -0.2) is 4.98 Å². The van der Waals surface area contributed by atoms with Crippen LogP contribution in [0.5, 0.6) is 0 Å². The summed E-state index contributed by atoms with van der Waals surface area (Å²) in [5, 5.41) is 3.94. The van der Waals surface area contributed by atoms with Crippen molar-refractivity contribution in [2.45, 2.75) is 6.54 Å². The molecule has 0 bridgehead atoms. The molecule has 0 fully saturated rings. The standard InChI is InChI=1S/C12H12ClN3.ClH/c13-10-3-1-9(2-4-10)7-15-12-6-5-11(14)8-16-12;/h1-6,8H,7,14H2,(H,15,16);1H. The van der Waals surface area contributed by atoms with Gasteiger partial charge in [-0.3, -0.25) is 0 Å². The molecule has 0 unspecified atom stereocenters. The molecule has 17 heavy (non-hydrogen) atoms. The average Bonchev–Trinajstić information content (AvgIpc) is 2.30. The number of nitrogens with two attached hydrogens (primary N) is 1. The van der Waals surface area contributed by atoms with E-state index in [0.717, 1.165) is 16.4 Å². The van der Waals surface area contributed by atoms with Gasteiger partial charge in [0, 0.05) is 11.6 Å². The zero-order valence-corrected chi connectivity index (χ0v) is 10.6. The van der Waals surface area contributed by atoms with Gasteiger partial charge in [-0.05, 0) is 29.8 Å². The van der Waals surface area contributed by atoms with Crippen LogP contribution in [0.15, 0.2) is 42.6 Å². The highest BCUT2D eigenvalue weighted by Crippen LogP contribution is 2.11. The van der Waals surface area contributed by atoms with Gasteiger partial charge < -0.3 is 11.1 Å². The van der Waals surface area contributed by atoms with Crippen molar-refractivity contribution in [3.05, 3.63) is 53.2 Å². The van der Waals surface area contributed by atoms with Gasteiger partial charge >= 0.3 is 0 Å². The molecule has 0 saturated heterocycles. The molecule has 0 amide bonds. The first-order valence-electron chi connectivity index (χ1n) is 4.94. The fourth-order valence-corrected chi connectivity index (χ4v) is 1.43. The third-order valence-corrected chi connectivity index (χ3v) is 2.43. The molecule has 0 spiro atoms. The summed E-state index contributed by atoms with van der Waals surface area (Å²) in [6, 6.07) is 11.4. The fraction of sp³-hybridized carbons (Fsp3) is 0.0833. The molecule has 0 radical (unpaired) electrons. The Balaban J connectivity index is 0.00000144. The topological polar surface area (TPSA) is 50.9 Å². The minimum absolute atomic E-state index is 0. The summed E-state index contributed by atoms with van der Waals surface area (Å²) in [5.41, 5.74) is 7.37. The van der Waals surface area contributed by atoms with Crippen molar-refractivity contribution in [1.29, 1.82) is 0 Å². The molecule has 1 heterocycles. The SMILES string of the molecule is Cl.Nc1ccc(NCc2ccc(Cl)cc2)nc1. The monoisotopic (exact) mass is 269 g/mol. The molecule has 2 rings (SSSR count). The normalized spacial score (nSPS) is 9.47. The third kappa shape index (κ3) is 4.13. The smallest absolute Gasteiger partial charge is 0.126 e. The van der Waals surface area contributed by atoms with E-state index in [-0.39, 0.29) is 12.4 Å². The molecule has 90 valence electrons. The Morgan fingerprint density at radius 2 is 1.82 bits per heavy atom. The summed E-state index contributed by atoms with van der Waals surface area (Å²) in [4.78, 5) is 4.15. The number of anilines is 2. The van der Waals surface area contributed by atoms with Gasteiger partial charge in [-0.1, -0.05) is 23.7 Å². The maximum absolute atomic E-state index is 5.80. The zero-order valence-electron chi connectivity index (χ0n) is 9.06. The van der Waals surface area contributed by atoms with E-state index in [2.05, 4.69) is 10.3 Å². The van der Waals surface area contributed by atoms with Crippen molar-refractivity contribution in [2.24, 2.45) is 0 Å². The Bertz CT molecular complexity index is 409. The summed E-state index contributed by atoms with van der Waals surface area (Å²) in [6.07, 6.45) is 1.63. The number of rotatable bonds is 3. The van der Waals surface area contributed by atoms with E-state index in [4.69, 9.17) is 17.3 Å². The third-order valence-electron chi connectivity index (χ3n) is 2.17. The molecule has 1 aromatic heterocycles.